The molecule has 2 aromatic carbocycles. The molecule has 2 aromatic rings. The predicted octanol–water partition coefficient (Wildman–Crippen LogP) is 3.69. The first kappa shape index (κ1) is 20.8. The Morgan fingerprint density at radius 3 is 2.24 bits per heavy atom. The van der Waals surface area contributed by atoms with Crippen LogP contribution in [-0.2, 0) is 4.79 Å². The third kappa shape index (κ3) is 5.53. The number of hydrogen-bond donors (Lipinski definition) is 1. The van der Waals surface area contributed by atoms with Gasteiger partial charge in [-0.15, -0.1) is 0 Å². The average Bonchev–Trinajstić information content (AvgIpc) is 2.73. The van der Waals surface area contributed by atoms with Crippen LogP contribution in [0.5, 0.6) is 0 Å². The number of carbonyl (C=O) groups is 3. The van der Waals surface area contributed by atoms with E-state index in [9.17, 15) is 14.4 Å². The lowest BCUT2D eigenvalue weighted by Gasteiger charge is -2.32. The van der Waals surface area contributed by atoms with E-state index < -0.39 is 0 Å². The normalized spacial score (nSPS) is 14.5. The van der Waals surface area contributed by atoms with Crippen LogP contribution in [-0.4, -0.2) is 41.6 Å². The number of amides is 2. The first-order valence-corrected chi connectivity index (χ1v) is 10.2. The van der Waals surface area contributed by atoms with Crippen LogP contribution in [0, 0.1) is 13.8 Å². The van der Waals surface area contributed by atoms with Crippen molar-refractivity contribution in [1.82, 2.24) is 10.2 Å². The third-order valence-corrected chi connectivity index (χ3v) is 5.51. The summed E-state index contributed by atoms with van der Waals surface area (Å²) in [4.78, 5) is 39.0. The molecule has 1 aliphatic heterocycles. The highest BCUT2D eigenvalue weighted by Gasteiger charge is 2.24. The van der Waals surface area contributed by atoms with Crippen molar-refractivity contribution >= 4 is 17.6 Å². The zero-order valence-electron chi connectivity index (χ0n) is 17.1. The molecule has 0 aromatic heterocycles. The van der Waals surface area contributed by atoms with E-state index in [0.717, 1.165) is 24.0 Å². The molecule has 0 radical (unpaired) electrons. The van der Waals surface area contributed by atoms with Crippen LogP contribution < -0.4 is 5.32 Å². The molecule has 1 aliphatic rings. The van der Waals surface area contributed by atoms with Gasteiger partial charge in [0.15, 0.2) is 5.78 Å². The molecule has 1 N–H and O–H groups in total. The van der Waals surface area contributed by atoms with Crippen molar-refractivity contribution in [2.45, 2.75) is 45.6 Å². The summed E-state index contributed by atoms with van der Waals surface area (Å²) < 4.78 is 0. The van der Waals surface area contributed by atoms with E-state index in [0.29, 0.717) is 24.2 Å². The molecule has 3 rings (SSSR count). The molecule has 5 heteroatoms. The average molecular weight is 392 g/mol. The SMILES string of the molecule is Cc1ccc(C(=O)CCC(=O)N2CCC(NC(=O)c3ccccc3C)CC2)cc1. The summed E-state index contributed by atoms with van der Waals surface area (Å²) in [5.74, 6) is -0.0514. The Morgan fingerprint density at radius 1 is 0.931 bits per heavy atom. The van der Waals surface area contributed by atoms with Gasteiger partial charge in [0, 0.05) is 43.1 Å². The fraction of sp³-hybridized carbons (Fsp3) is 0.375. The van der Waals surface area contributed by atoms with Crippen LogP contribution in [0.3, 0.4) is 0 Å². The number of rotatable bonds is 6. The summed E-state index contributed by atoms with van der Waals surface area (Å²) in [6.45, 7) is 5.12. The van der Waals surface area contributed by atoms with E-state index in [4.69, 9.17) is 0 Å². The molecule has 5 nitrogen and oxygen atoms in total. The van der Waals surface area contributed by atoms with E-state index in [1.807, 2.05) is 62.4 Å². The number of hydrogen-bond acceptors (Lipinski definition) is 3. The number of carbonyl (C=O) groups excluding carboxylic acids is 3. The van der Waals surface area contributed by atoms with Crippen molar-refractivity contribution in [2.75, 3.05) is 13.1 Å². The van der Waals surface area contributed by atoms with E-state index in [-0.39, 0.29) is 36.5 Å². The Hall–Kier alpha value is -2.95. The molecule has 0 saturated carbocycles. The second-order valence-electron chi connectivity index (χ2n) is 7.73. The van der Waals surface area contributed by atoms with E-state index in [2.05, 4.69) is 5.32 Å². The molecule has 0 bridgehead atoms. The molecule has 2 amide bonds. The Balaban J connectivity index is 1.43. The van der Waals surface area contributed by atoms with Gasteiger partial charge < -0.3 is 10.2 Å². The molecular formula is C24H28N2O3. The van der Waals surface area contributed by atoms with Gasteiger partial charge in [-0.1, -0.05) is 48.0 Å². The quantitative estimate of drug-likeness (QED) is 0.763. The second kappa shape index (κ2) is 9.50. The maximum Gasteiger partial charge on any atom is 0.251 e. The van der Waals surface area contributed by atoms with Crippen molar-refractivity contribution in [3.05, 3.63) is 70.8 Å². The zero-order valence-corrected chi connectivity index (χ0v) is 17.1. The lowest BCUT2D eigenvalue weighted by molar-refractivity contribution is -0.132. The highest BCUT2D eigenvalue weighted by atomic mass is 16.2. The van der Waals surface area contributed by atoms with Gasteiger partial charge in [-0.2, -0.15) is 0 Å². The zero-order chi connectivity index (χ0) is 20.8. The van der Waals surface area contributed by atoms with Gasteiger partial charge in [-0.05, 0) is 38.3 Å². The minimum absolute atomic E-state index is 0.00118. The Kier molecular flexibility index (Phi) is 6.81. The van der Waals surface area contributed by atoms with Crippen molar-refractivity contribution in [3.63, 3.8) is 0 Å². The first-order valence-electron chi connectivity index (χ1n) is 10.2. The number of piperidine rings is 1. The summed E-state index contributed by atoms with van der Waals surface area (Å²) in [7, 11) is 0. The van der Waals surface area contributed by atoms with Crippen LogP contribution in [0.2, 0.25) is 0 Å². The molecule has 1 saturated heterocycles. The number of Topliss-reactive ketones (excluding diaryl/α,β-unsaturated/α-hetero) is 1. The smallest absolute Gasteiger partial charge is 0.251 e. The number of nitrogens with one attached hydrogen (secondary N) is 1. The highest BCUT2D eigenvalue weighted by Crippen LogP contribution is 2.15. The van der Waals surface area contributed by atoms with E-state index in [1.54, 1.807) is 4.90 Å². The first-order chi connectivity index (χ1) is 13.9. The summed E-state index contributed by atoms with van der Waals surface area (Å²) in [5.41, 5.74) is 3.41. The van der Waals surface area contributed by atoms with Gasteiger partial charge in [-0.25, -0.2) is 0 Å². The van der Waals surface area contributed by atoms with Crippen LogP contribution in [0.25, 0.3) is 0 Å². The largest absolute Gasteiger partial charge is 0.349 e. The van der Waals surface area contributed by atoms with Crippen LogP contribution in [0.15, 0.2) is 48.5 Å². The molecule has 29 heavy (non-hydrogen) atoms. The summed E-state index contributed by atoms with van der Waals surface area (Å²) >= 11 is 0. The second-order valence-corrected chi connectivity index (χ2v) is 7.73. The standard InChI is InChI=1S/C24H28N2O3/c1-17-7-9-19(10-8-17)22(27)11-12-23(28)26-15-13-20(14-16-26)25-24(29)21-6-4-3-5-18(21)2/h3-10,20H,11-16H2,1-2H3,(H,25,29). The predicted molar refractivity (Wildman–Crippen MR) is 113 cm³/mol. The van der Waals surface area contributed by atoms with Crippen molar-refractivity contribution in [3.8, 4) is 0 Å². The fourth-order valence-corrected chi connectivity index (χ4v) is 3.63. The summed E-state index contributed by atoms with van der Waals surface area (Å²) in [6, 6.07) is 15.0. The van der Waals surface area contributed by atoms with Gasteiger partial charge in [0.2, 0.25) is 5.91 Å². The minimum atomic E-state index is -0.0587. The van der Waals surface area contributed by atoms with Gasteiger partial charge in [0.1, 0.15) is 0 Å². The minimum Gasteiger partial charge on any atom is -0.349 e. The molecule has 1 heterocycles. The fourth-order valence-electron chi connectivity index (χ4n) is 3.63. The molecule has 0 aliphatic carbocycles. The topological polar surface area (TPSA) is 66.5 Å². The van der Waals surface area contributed by atoms with Gasteiger partial charge in [-0.3, -0.25) is 14.4 Å². The van der Waals surface area contributed by atoms with Crippen molar-refractivity contribution in [1.29, 1.82) is 0 Å². The Bertz CT molecular complexity index is 881. The number of ketones is 1. The molecule has 1 fully saturated rings. The maximum absolute atomic E-state index is 12.5. The van der Waals surface area contributed by atoms with Crippen molar-refractivity contribution in [2.24, 2.45) is 0 Å². The molecule has 0 spiro atoms. The summed E-state index contributed by atoms with van der Waals surface area (Å²) in [5, 5.41) is 3.08. The number of benzene rings is 2. The Labute approximate surface area is 172 Å². The van der Waals surface area contributed by atoms with Gasteiger partial charge in [0.25, 0.3) is 5.91 Å². The lowest BCUT2D eigenvalue weighted by Crippen LogP contribution is -2.46. The van der Waals surface area contributed by atoms with Crippen molar-refractivity contribution < 1.29 is 14.4 Å². The monoisotopic (exact) mass is 392 g/mol. The van der Waals surface area contributed by atoms with Gasteiger partial charge in [0.05, 0.1) is 0 Å². The van der Waals surface area contributed by atoms with Crippen LogP contribution in [0.4, 0.5) is 0 Å². The third-order valence-electron chi connectivity index (χ3n) is 5.51. The van der Waals surface area contributed by atoms with Crippen LogP contribution in [0.1, 0.15) is 57.5 Å². The maximum atomic E-state index is 12.5. The molecule has 0 atom stereocenters. The number of aryl methyl sites for hydroxylation is 2. The molecular weight excluding hydrogens is 364 g/mol. The van der Waals surface area contributed by atoms with Gasteiger partial charge >= 0.3 is 0 Å². The van der Waals surface area contributed by atoms with Crippen LogP contribution >= 0.6 is 0 Å². The highest BCUT2D eigenvalue weighted by molar-refractivity contribution is 5.98. The van der Waals surface area contributed by atoms with E-state index in [1.165, 1.54) is 0 Å². The summed E-state index contributed by atoms with van der Waals surface area (Å²) in [6.07, 6.45) is 1.92. The molecule has 0 unspecified atom stereocenters. The lowest BCUT2D eigenvalue weighted by atomic mass is 10.0. The number of nitrogens with zero attached hydrogens (tertiary/aromatic N) is 1. The Morgan fingerprint density at radius 2 is 1.59 bits per heavy atom. The van der Waals surface area contributed by atoms with E-state index >= 15 is 0 Å². The molecule has 152 valence electrons. The number of likely N-dealkylation sites (tertiary alicyclic amines) is 1.